The summed E-state index contributed by atoms with van der Waals surface area (Å²) in [7, 11) is 0. The Bertz CT molecular complexity index is 386. The number of hydrogen-bond acceptors (Lipinski definition) is 2. The summed E-state index contributed by atoms with van der Waals surface area (Å²) in [6, 6.07) is 3.04. The van der Waals surface area contributed by atoms with Crippen LogP contribution in [0.25, 0.3) is 0 Å². The van der Waals surface area contributed by atoms with Crippen LogP contribution in [0.2, 0.25) is 0 Å². The van der Waals surface area contributed by atoms with Crippen molar-refractivity contribution in [2.24, 2.45) is 0 Å². The highest BCUT2D eigenvalue weighted by molar-refractivity contribution is 7.90. The molecule has 5 heteroatoms. The lowest BCUT2D eigenvalue weighted by Gasteiger charge is -2.27. The summed E-state index contributed by atoms with van der Waals surface area (Å²) in [5.74, 6) is -1.24. The Morgan fingerprint density at radius 2 is 1.72 bits per heavy atom. The van der Waals surface area contributed by atoms with Crippen LogP contribution in [0.1, 0.15) is 45.7 Å². The van der Waals surface area contributed by atoms with E-state index in [1.165, 1.54) is 12.1 Å². The lowest BCUT2D eigenvalue weighted by molar-refractivity contribution is 0.513. The first-order valence-corrected chi connectivity index (χ1v) is 7.03. The largest absolute Gasteiger partial charge is 0.598 e. The van der Waals surface area contributed by atoms with Crippen LogP contribution < -0.4 is 4.72 Å². The minimum absolute atomic E-state index is 0.324. The molecule has 0 saturated heterocycles. The summed E-state index contributed by atoms with van der Waals surface area (Å²) >= 11 is -1.28. The van der Waals surface area contributed by atoms with Crippen LogP contribution in [0, 0.1) is 11.6 Å². The maximum atomic E-state index is 13.2. The van der Waals surface area contributed by atoms with Gasteiger partial charge >= 0.3 is 0 Å². The van der Waals surface area contributed by atoms with Gasteiger partial charge in [0.15, 0.2) is 0 Å². The molecule has 2 atom stereocenters. The van der Waals surface area contributed by atoms with Gasteiger partial charge in [-0.2, -0.15) is 0 Å². The van der Waals surface area contributed by atoms with Crippen molar-refractivity contribution in [2.75, 3.05) is 0 Å². The Morgan fingerprint density at radius 3 is 2.11 bits per heavy atom. The fraction of sp³-hybridized carbons (Fsp3) is 0.538. The van der Waals surface area contributed by atoms with Gasteiger partial charge in [0.2, 0.25) is 0 Å². The van der Waals surface area contributed by atoms with Crippen molar-refractivity contribution in [3.8, 4) is 0 Å². The zero-order valence-corrected chi connectivity index (χ0v) is 11.9. The summed E-state index contributed by atoms with van der Waals surface area (Å²) in [6.45, 7) is 7.40. The lowest BCUT2D eigenvalue weighted by atomic mass is 10.1. The van der Waals surface area contributed by atoms with E-state index in [-0.39, 0.29) is 6.04 Å². The molecule has 1 rings (SSSR count). The van der Waals surface area contributed by atoms with Gasteiger partial charge in [0, 0.05) is 17.4 Å². The van der Waals surface area contributed by atoms with E-state index in [9.17, 15) is 13.3 Å². The van der Waals surface area contributed by atoms with Crippen molar-refractivity contribution in [1.82, 2.24) is 4.72 Å². The molecule has 0 radical (unpaired) electrons. The second-order valence-electron chi connectivity index (χ2n) is 5.16. The van der Waals surface area contributed by atoms with Crippen molar-refractivity contribution < 1.29 is 13.3 Å². The fourth-order valence-corrected chi connectivity index (χ4v) is 2.38. The van der Waals surface area contributed by atoms with Crippen molar-refractivity contribution in [3.63, 3.8) is 0 Å². The van der Waals surface area contributed by atoms with Gasteiger partial charge < -0.3 is 4.55 Å². The Kier molecular flexibility index (Phi) is 5.13. The molecule has 0 fully saturated rings. The fourth-order valence-electron chi connectivity index (χ4n) is 1.47. The van der Waals surface area contributed by atoms with E-state index in [0.29, 0.717) is 12.0 Å². The Morgan fingerprint density at radius 1 is 1.22 bits per heavy atom. The molecule has 1 aromatic rings. The van der Waals surface area contributed by atoms with Crippen LogP contribution in [0.4, 0.5) is 8.78 Å². The van der Waals surface area contributed by atoms with E-state index in [2.05, 4.69) is 4.72 Å². The number of halogens is 2. The average Bonchev–Trinajstić information content (AvgIpc) is 2.22. The number of rotatable bonds is 4. The van der Waals surface area contributed by atoms with Crippen LogP contribution in [-0.2, 0) is 11.4 Å². The lowest BCUT2D eigenvalue weighted by Crippen LogP contribution is -2.41. The van der Waals surface area contributed by atoms with E-state index in [0.717, 1.165) is 6.07 Å². The van der Waals surface area contributed by atoms with Crippen molar-refractivity contribution >= 4 is 11.4 Å². The van der Waals surface area contributed by atoms with Gasteiger partial charge in [-0.15, -0.1) is 4.72 Å². The molecule has 0 unspecified atom stereocenters. The minimum Gasteiger partial charge on any atom is -0.598 e. The minimum atomic E-state index is -1.28. The first-order chi connectivity index (χ1) is 8.24. The highest BCUT2D eigenvalue weighted by Crippen LogP contribution is 2.23. The molecule has 0 spiro atoms. The summed E-state index contributed by atoms with van der Waals surface area (Å²) in [4.78, 5) is 0. The van der Waals surface area contributed by atoms with Gasteiger partial charge in [-0.05, 0) is 44.9 Å². The van der Waals surface area contributed by atoms with Gasteiger partial charge in [-0.25, -0.2) is 8.78 Å². The monoisotopic (exact) mass is 275 g/mol. The van der Waals surface area contributed by atoms with Crippen LogP contribution in [0.5, 0.6) is 0 Å². The average molecular weight is 275 g/mol. The Labute approximate surface area is 110 Å². The third kappa shape index (κ3) is 4.23. The second-order valence-corrected chi connectivity index (χ2v) is 7.16. The third-order valence-corrected chi connectivity index (χ3v) is 4.11. The van der Waals surface area contributed by atoms with Crippen molar-refractivity contribution in [3.05, 3.63) is 35.4 Å². The maximum Gasteiger partial charge on any atom is 0.136 e. The van der Waals surface area contributed by atoms with E-state index >= 15 is 0 Å². The molecule has 0 amide bonds. The Balaban J connectivity index is 2.89. The smallest absolute Gasteiger partial charge is 0.136 e. The predicted molar refractivity (Wildman–Crippen MR) is 70.4 cm³/mol. The van der Waals surface area contributed by atoms with Gasteiger partial charge in [0.25, 0.3) is 0 Å². The van der Waals surface area contributed by atoms with Gasteiger partial charge in [0.1, 0.15) is 16.4 Å². The zero-order chi connectivity index (χ0) is 13.9. The van der Waals surface area contributed by atoms with E-state index in [4.69, 9.17) is 0 Å². The number of nitrogens with one attached hydrogen (secondary N) is 1. The van der Waals surface area contributed by atoms with Crippen LogP contribution >= 0.6 is 0 Å². The predicted octanol–water partition coefficient (Wildman–Crippen LogP) is 3.47. The SMILES string of the molecule is CC[C@@H](N[S@@+]([O-])C(C)(C)C)c1cc(F)cc(F)c1. The van der Waals surface area contributed by atoms with Gasteiger partial charge in [-0.3, -0.25) is 0 Å². The number of benzene rings is 1. The molecule has 1 aromatic carbocycles. The molecule has 0 heterocycles. The normalized spacial score (nSPS) is 15.5. The second kappa shape index (κ2) is 5.99. The van der Waals surface area contributed by atoms with Crippen LogP contribution in [-0.4, -0.2) is 9.30 Å². The van der Waals surface area contributed by atoms with Crippen LogP contribution in [0.15, 0.2) is 18.2 Å². The first-order valence-electron chi connectivity index (χ1n) is 5.88. The first kappa shape index (κ1) is 15.4. The van der Waals surface area contributed by atoms with Crippen molar-refractivity contribution in [1.29, 1.82) is 0 Å². The quantitative estimate of drug-likeness (QED) is 0.854. The molecular formula is C13H19F2NOS. The molecular weight excluding hydrogens is 256 g/mol. The summed E-state index contributed by atoms with van der Waals surface area (Å²) in [6.07, 6.45) is 0.602. The van der Waals surface area contributed by atoms with Crippen molar-refractivity contribution in [2.45, 2.75) is 44.9 Å². The third-order valence-electron chi connectivity index (χ3n) is 2.50. The number of hydrogen-bond donors (Lipinski definition) is 1. The van der Waals surface area contributed by atoms with E-state index in [1.807, 2.05) is 27.7 Å². The molecule has 0 bridgehead atoms. The van der Waals surface area contributed by atoms with E-state index in [1.54, 1.807) is 0 Å². The molecule has 0 aliphatic rings. The summed E-state index contributed by atoms with van der Waals surface area (Å²) in [5.41, 5.74) is 0.479. The molecule has 0 aliphatic heterocycles. The molecule has 0 aliphatic carbocycles. The zero-order valence-electron chi connectivity index (χ0n) is 11.1. The topological polar surface area (TPSA) is 35.1 Å². The summed E-state index contributed by atoms with van der Waals surface area (Å²) in [5, 5.41) is 0. The van der Waals surface area contributed by atoms with E-state index < -0.39 is 27.7 Å². The highest BCUT2D eigenvalue weighted by atomic mass is 32.2. The molecule has 1 N–H and O–H groups in total. The van der Waals surface area contributed by atoms with Gasteiger partial charge in [-0.1, -0.05) is 6.92 Å². The molecule has 2 nitrogen and oxygen atoms in total. The van der Waals surface area contributed by atoms with Gasteiger partial charge in [0.05, 0.1) is 6.04 Å². The molecule has 0 saturated carbocycles. The maximum absolute atomic E-state index is 13.2. The summed E-state index contributed by atoms with van der Waals surface area (Å²) < 4.78 is 40.8. The standard InChI is InChI=1S/C13H19F2NOS/c1-5-12(16-18(17)13(2,3)4)9-6-10(14)8-11(15)7-9/h6-8,12,16H,5H2,1-4H3/t12-,18+/m1/s1. The highest BCUT2D eigenvalue weighted by Gasteiger charge is 2.29. The molecule has 0 aromatic heterocycles. The molecule has 102 valence electrons. The van der Waals surface area contributed by atoms with Crippen LogP contribution in [0.3, 0.4) is 0 Å². The Hall–Kier alpha value is -0.650. The molecule has 18 heavy (non-hydrogen) atoms.